The highest BCUT2D eigenvalue weighted by Crippen LogP contribution is 2.29. The van der Waals surface area contributed by atoms with Gasteiger partial charge in [-0.25, -0.2) is 10.2 Å². The Labute approximate surface area is 148 Å². The molecule has 1 aromatic rings. The van der Waals surface area contributed by atoms with Gasteiger partial charge < -0.3 is 10.4 Å². The van der Waals surface area contributed by atoms with Crippen molar-refractivity contribution in [2.75, 3.05) is 11.9 Å². The van der Waals surface area contributed by atoms with Gasteiger partial charge in [0.25, 0.3) is 0 Å². The van der Waals surface area contributed by atoms with Gasteiger partial charge in [-0.05, 0) is 30.2 Å². The third-order valence-corrected chi connectivity index (χ3v) is 3.11. The number of carboxylic acid groups (broad SMARTS) is 1. The van der Waals surface area contributed by atoms with Crippen LogP contribution in [0.1, 0.15) is 32.3 Å². The molecular formula is C16H20F3N3O4. The molecule has 3 N–H and O–H groups in total. The van der Waals surface area contributed by atoms with Crippen molar-refractivity contribution in [3.05, 3.63) is 29.8 Å². The zero-order chi connectivity index (χ0) is 19.9. The van der Waals surface area contributed by atoms with E-state index in [0.29, 0.717) is 0 Å². The first-order chi connectivity index (χ1) is 12.0. The van der Waals surface area contributed by atoms with E-state index in [9.17, 15) is 27.6 Å². The first kappa shape index (κ1) is 21.3. The number of carbonyl (C=O) groups excluding carboxylic acids is 2. The van der Waals surface area contributed by atoms with Crippen LogP contribution in [0.15, 0.2) is 24.3 Å². The lowest BCUT2D eigenvalue weighted by atomic mass is 10.2. The fourth-order valence-electron chi connectivity index (χ4n) is 1.95. The predicted molar refractivity (Wildman–Crippen MR) is 87.0 cm³/mol. The predicted octanol–water partition coefficient (Wildman–Crippen LogP) is 3.09. The Morgan fingerprint density at radius 2 is 1.69 bits per heavy atom. The Bertz CT molecular complexity index is 645. The van der Waals surface area contributed by atoms with Gasteiger partial charge in [-0.2, -0.15) is 13.2 Å². The number of hydrogen-bond donors (Lipinski definition) is 3. The number of anilines is 1. The fourth-order valence-corrected chi connectivity index (χ4v) is 1.95. The van der Waals surface area contributed by atoms with E-state index in [2.05, 4.69) is 10.7 Å². The summed E-state index contributed by atoms with van der Waals surface area (Å²) < 4.78 is 37.5. The lowest BCUT2D eigenvalue weighted by Crippen LogP contribution is -2.49. The molecule has 0 spiro atoms. The molecule has 0 aliphatic heterocycles. The van der Waals surface area contributed by atoms with Crippen LogP contribution in [0, 0.1) is 5.92 Å². The number of nitrogens with zero attached hydrogens (tertiary/aromatic N) is 1. The number of hydrazine groups is 1. The van der Waals surface area contributed by atoms with E-state index in [4.69, 9.17) is 5.11 Å². The SMILES string of the molecule is CC(C)CN(NC(=O)Nc1ccc(C(F)(F)F)cc1)C(=O)CCC(=O)O. The van der Waals surface area contributed by atoms with Crippen molar-refractivity contribution in [3.63, 3.8) is 0 Å². The van der Waals surface area contributed by atoms with E-state index < -0.39 is 29.6 Å². The van der Waals surface area contributed by atoms with Crippen LogP contribution in [0.5, 0.6) is 0 Å². The number of urea groups is 1. The van der Waals surface area contributed by atoms with Crippen molar-refractivity contribution >= 4 is 23.6 Å². The molecule has 0 radical (unpaired) electrons. The number of carboxylic acids is 1. The molecule has 0 bridgehead atoms. The molecule has 1 aromatic carbocycles. The molecule has 0 saturated heterocycles. The van der Waals surface area contributed by atoms with Crippen molar-refractivity contribution in [3.8, 4) is 0 Å². The number of rotatable bonds is 6. The summed E-state index contributed by atoms with van der Waals surface area (Å²) in [5, 5.41) is 11.9. The van der Waals surface area contributed by atoms with Gasteiger partial charge in [-0.3, -0.25) is 14.6 Å². The van der Waals surface area contributed by atoms with Gasteiger partial charge in [0.05, 0.1) is 12.0 Å². The molecule has 0 saturated carbocycles. The van der Waals surface area contributed by atoms with Crippen molar-refractivity contribution in [2.24, 2.45) is 5.92 Å². The second-order valence-corrected chi connectivity index (χ2v) is 5.93. The smallest absolute Gasteiger partial charge is 0.416 e. The highest BCUT2D eigenvalue weighted by atomic mass is 19.4. The monoisotopic (exact) mass is 375 g/mol. The third-order valence-electron chi connectivity index (χ3n) is 3.11. The van der Waals surface area contributed by atoms with Gasteiger partial charge in [0, 0.05) is 18.7 Å². The summed E-state index contributed by atoms with van der Waals surface area (Å²) >= 11 is 0. The molecule has 0 unspecified atom stereocenters. The number of benzene rings is 1. The normalized spacial score (nSPS) is 11.2. The second kappa shape index (κ2) is 9.07. The molecule has 144 valence electrons. The second-order valence-electron chi connectivity index (χ2n) is 5.93. The van der Waals surface area contributed by atoms with Gasteiger partial charge in [0.1, 0.15) is 0 Å². The molecule has 3 amide bonds. The molecule has 0 fully saturated rings. The van der Waals surface area contributed by atoms with E-state index in [0.717, 1.165) is 29.3 Å². The lowest BCUT2D eigenvalue weighted by Gasteiger charge is -2.25. The summed E-state index contributed by atoms with van der Waals surface area (Å²) in [4.78, 5) is 34.6. The molecule has 0 aliphatic carbocycles. The van der Waals surface area contributed by atoms with Gasteiger partial charge >= 0.3 is 18.2 Å². The van der Waals surface area contributed by atoms with Gasteiger partial charge in [-0.1, -0.05) is 13.8 Å². The summed E-state index contributed by atoms with van der Waals surface area (Å²) in [5.74, 6) is -1.73. The minimum Gasteiger partial charge on any atom is -0.481 e. The van der Waals surface area contributed by atoms with Crippen LogP contribution in [0.4, 0.5) is 23.7 Å². The number of amides is 3. The van der Waals surface area contributed by atoms with Crippen molar-refractivity contribution in [1.29, 1.82) is 0 Å². The van der Waals surface area contributed by atoms with Gasteiger partial charge in [-0.15, -0.1) is 0 Å². The van der Waals surface area contributed by atoms with Crippen LogP contribution in [-0.4, -0.2) is 34.6 Å². The maximum absolute atomic E-state index is 12.5. The van der Waals surface area contributed by atoms with Crippen LogP contribution >= 0.6 is 0 Å². The zero-order valence-electron chi connectivity index (χ0n) is 14.3. The number of hydrogen-bond acceptors (Lipinski definition) is 3. The zero-order valence-corrected chi connectivity index (χ0v) is 14.3. The summed E-state index contributed by atoms with van der Waals surface area (Å²) in [6.07, 6.45) is -5.15. The Hall–Kier alpha value is -2.78. The van der Waals surface area contributed by atoms with Crippen molar-refractivity contribution in [2.45, 2.75) is 32.9 Å². The average Bonchev–Trinajstić information content (AvgIpc) is 2.51. The van der Waals surface area contributed by atoms with Gasteiger partial charge in [0.15, 0.2) is 0 Å². The molecule has 26 heavy (non-hydrogen) atoms. The number of carbonyl (C=O) groups is 3. The minimum absolute atomic E-state index is 0.00449. The summed E-state index contributed by atoms with van der Waals surface area (Å²) in [6, 6.07) is 2.98. The maximum atomic E-state index is 12.5. The molecule has 10 heteroatoms. The van der Waals surface area contributed by atoms with Crippen molar-refractivity contribution < 1.29 is 32.7 Å². The molecule has 0 aromatic heterocycles. The Balaban J connectivity index is 2.70. The van der Waals surface area contributed by atoms with Crippen LogP contribution in [-0.2, 0) is 15.8 Å². The lowest BCUT2D eigenvalue weighted by molar-refractivity contribution is -0.141. The number of nitrogens with one attached hydrogen (secondary N) is 2. The molecule has 0 heterocycles. The first-order valence-electron chi connectivity index (χ1n) is 7.76. The highest BCUT2D eigenvalue weighted by molar-refractivity contribution is 5.91. The third kappa shape index (κ3) is 7.41. The van der Waals surface area contributed by atoms with E-state index >= 15 is 0 Å². The summed E-state index contributed by atoms with van der Waals surface area (Å²) in [5.41, 5.74) is 1.54. The topological polar surface area (TPSA) is 98.7 Å². The van der Waals surface area contributed by atoms with Gasteiger partial charge in [0.2, 0.25) is 5.91 Å². The Morgan fingerprint density at radius 1 is 1.12 bits per heavy atom. The first-order valence-corrected chi connectivity index (χ1v) is 7.76. The largest absolute Gasteiger partial charge is 0.481 e. The van der Waals surface area contributed by atoms with Crippen LogP contribution in [0.2, 0.25) is 0 Å². The fraction of sp³-hybridized carbons (Fsp3) is 0.438. The molecule has 1 rings (SSSR count). The van der Waals surface area contributed by atoms with Crippen LogP contribution < -0.4 is 10.7 Å². The molecule has 0 atom stereocenters. The maximum Gasteiger partial charge on any atom is 0.416 e. The Kier molecular flexibility index (Phi) is 7.41. The summed E-state index contributed by atoms with van der Waals surface area (Å²) in [7, 11) is 0. The molecular weight excluding hydrogens is 355 g/mol. The summed E-state index contributed by atoms with van der Waals surface area (Å²) in [6.45, 7) is 3.75. The van der Waals surface area contributed by atoms with Crippen molar-refractivity contribution in [1.82, 2.24) is 10.4 Å². The highest BCUT2D eigenvalue weighted by Gasteiger charge is 2.30. The quantitative estimate of drug-likeness (QED) is 0.666. The molecule has 7 nitrogen and oxygen atoms in total. The van der Waals surface area contributed by atoms with E-state index in [1.807, 2.05) is 0 Å². The van der Waals surface area contributed by atoms with Crippen LogP contribution in [0.3, 0.4) is 0 Å². The number of aliphatic carboxylic acids is 1. The number of halogens is 3. The van der Waals surface area contributed by atoms with E-state index in [1.54, 1.807) is 13.8 Å². The van der Waals surface area contributed by atoms with E-state index in [-0.39, 0.29) is 31.0 Å². The van der Waals surface area contributed by atoms with E-state index in [1.165, 1.54) is 0 Å². The standard InChI is InChI=1S/C16H20F3N3O4/c1-10(2)9-22(13(23)7-8-14(24)25)21-15(26)20-12-5-3-11(4-6-12)16(17,18)19/h3-6,10H,7-9H2,1-2H3,(H,24,25)(H2,20,21,26). The molecule has 0 aliphatic rings. The Morgan fingerprint density at radius 3 is 2.15 bits per heavy atom. The number of alkyl halides is 3. The van der Waals surface area contributed by atoms with Crippen LogP contribution in [0.25, 0.3) is 0 Å². The average molecular weight is 375 g/mol. The minimum atomic E-state index is -4.48.